The SMILES string of the molecule is COC(=O)c1cc(CNC(=O)c2nn(CC(C)C)c(=O)c3ccccc23)ccc1OC. The van der Waals surface area contributed by atoms with E-state index in [2.05, 4.69) is 10.4 Å². The number of carbonyl (C=O) groups excluding carboxylic acids is 2. The molecule has 0 spiro atoms. The van der Waals surface area contributed by atoms with Crippen LogP contribution in [0.4, 0.5) is 0 Å². The molecule has 0 unspecified atom stereocenters. The lowest BCUT2D eigenvalue weighted by Crippen LogP contribution is -2.31. The molecule has 8 nitrogen and oxygen atoms in total. The fourth-order valence-corrected chi connectivity index (χ4v) is 3.27. The topological polar surface area (TPSA) is 99.5 Å². The highest BCUT2D eigenvalue weighted by molar-refractivity contribution is 6.04. The van der Waals surface area contributed by atoms with E-state index < -0.39 is 11.9 Å². The molecule has 1 amide bonds. The minimum Gasteiger partial charge on any atom is -0.496 e. The second kappa shape index (κ2) is 9.42. The van der Waals surface area contributed by atoms with E-state index in [0.717, 1.165) is 0 Å². The molecular weight excluding hydrogens is 398 g/mol. The Balaban J connectivity index is 1.91. The summed E-state index contributed by atoms with van der Waals surface area (Å²) in [5.41, 5.74) is 0.913. The van der Waals surface area contributed by atoms with Gasteiger partial charge in [0.1, 0.15) is 11.3 Å². The van der Waals surface area contributed by atoms with E-state index in [1.54, 1.807) is 42.5 Å². The van der Waals surface area contributed by atoms with Crippen molar-refractivity contribution in [2.75, 3.05) is 14.2 Å². The molecule has 0 aliphatic heterocycles. The van der Waals surface area contributed by atoms with Crippen LogP contribution in [0.5, 0.6) is 5.75 Å². The molecular formula is C23H25N3O5. The molecule has 31 heavy (non-hydrogen) atoms. The second-order valence-corrected chi connectivity index (χ2v) is 7.48. The summed E-state index contributed by atoms with van der Waals surface area (Å²) in [5.74, 6) is -0.365. The highest BCUT2D eigenvalue weighted by Crippen LogP contribution is 2.21. The van der Waals surface area contributed by atoms with Gasteiger partial charge in [-0.15, -0.1) is 0 Å². The lowest BCUT2D eigenvalue weighted by Gasteiger charge is -2.13. The average molecular weight is 423 g/mol. The number of benzene rings is 2. The molecule has 0 aliphatic carbocycles. The van der Waals surface area contributed by atoms with Crippen LogP contribution in [-0.2, 0) is 17.8 Å². The number of ether oxygens (including phenoxy) is 2. The number of amides is 1. The van der Waals surface area contributed by atoms with E-state index in [1.807, 2.05) is 13.8 Å². The minimum absolute atomic E-state index is 0.159. The third-order valence-electron chi connectivity index (χ3n) is 4.74. The van der Waals surface area contributed by atoms with E-state index in [0.29, 0.717) is 28.6 Å². The smallest absolute Gasteiger partial charge is 0.341 e. The lowest BCUT2D eigenvalue weighted by molar-refractivity contribution is 0.0597. The second-order valence-electron chi connectivity index (χ2n) is 7.48. The first-order valence-corrected chi connectivity index (χ1v) is 9.89. The molecule has 1 N–H and O–H groups in total. The monoisotopic (exact) mass is 423 g/mol. The zero-order chi connectivity index (χ0) is 22.5. The summed E-state index contributed by atoms with van der Waals surface area (Å²) in [6, 6.07) is 11.9. The maximum Gasteiger partial charge on any atom is 0.341 e. The van der Waals surface area contributed by atoms with Gasteiger partial charge in [0.05, 0.1) is 19.6 Å². The summed E-state index contributed by atoms with van der Waals surface area (Å²) in [4.78, 5) is 37.7. The predicted molar refractivity (Wildman–Crippen MR) is 116 cm³/mol. The van der Waals surface area contributed by atoms with Gasteiger partial charge < -0.3 is 14.8 Å². The fraction of sp³-hybridized carbons (Fsp3) is 0.304. The Bertz CT molecular complexity index is 1180. The van der Waals surface area contributed by atoms with Gasteiger partial charge in [-0.3, -0.25) is 9.59 Å². The first-order valence-electron chi connectivity index (χ1n) is 9.89. The molecule has 0 saturated heterocycles. The van der Waals surface area contributed by atoms with Gasteiger partial charge >= 0.3 is 5.97 Å². The number of rotatable bonds is 7. The summed E-state index contributed by atoms with van der Waals surface area (Å²) < 4.78 is 11.3. The van der Waals surface area contributed by atoms with Gasteiger partial charge in [0.25, 0.3) is 11.5 Å². The molecule has 0 saturated carbocycles. The van der Waals surface area contributed by atoms with Crippen molar-refractivity contribution in [2.24, 2.45) is 5.92 Å². The highest BCUT2D eigenvalue weighted by Gasteiger charge is 2.18. The molecule has 0 aliphatic rings. The molecule has 2 aromatic carbocycles. The van der Waals surface area contributed by atoms with E-state index in [-0.39, 0.29) is 29.3 Å². The Morgan fingerprint density at radius 1 is 1.10 bits per heavy atom. The molecule has 1 aromatic heterocycles. The first kappa shape index (κ1) is 22.0. The number of esters is 1. The van der Waals surface area contributed by atoms with Gasteiger partial charge in [0.2, 0.25) is 0 Å². The minimum atomic E-state index is -0.529. The molecule has 0 atom stereocenters. The summed E-state index contributed by atoms with van der Waals surface area (Å²) in [7, 11) is 2.76. The summed E-state index contributed by atoms with van der Waals surface area (Å²) in [6.45, 7) is 4.52. The van der Waals surface area contributed by atoms with Crippen molar-refractivity contribution in [3.63, 3.8) is 0 Å². The number of aromatic nitrogens is 2. The predicted octanol–water partition coefficient (Wildman–Crippen LogP) is 2.78. The standard InChI is InChI=1S/C23H25N3O5/c1-14(2)13-26-22(28)17-8-6-5-7-16(17)20(25-26)21(27)24-12-15-9-10-19(30-3)18(11-15)23(29)31-4/h5-11,14H,12-13H2,1-4H3,(H,24,27). The van der Waals surface area contributed by atoms with Crippen LogP contribution in [-0.4, -0.2) is 35.9 Å². The Hall–Kier alpha value is -3.68. The Morgan fingerprint density at radius 2 is 1.81 bits per heavy atom. The van der Waals surface area contributed by atoms with Crippen LogP contribution in [0.1, 0.15) is 40.3 Å². The Morgan fingerprint density at radius 3 is 2.45 bits per heavy atom. The number of hydrogen-bond acceptors (Lipinski definition) is 6. The molecule has 3 rings (SSSR count). The van der Waals surface area contributed by atoms with Crippen molar-refractivity contribution < 1.29 is 19.1 Å². The highest BCUT2D eigenvalue weighted by atomic mass is 16.5. The van der Waals surface area contributed by atoms with Crippen molar-refractivity contribution in [3.8, 4) is 5.75 Å². The van der Waals surface area contributed by atoms with Crippen LogP contribution in [0, 0.1) is 5.92 Å². The van der Waals surface area contributed by atoms with Crippen LogP contribution in [0.2, 0.25) is 0 Å². The number of nitrogens with one attached hydrogen (secondary N) is 1. The third-order valence-corrected chi connectivity index (χ3v) is 4.74. The third kappa shape index (κ3) is 4.74. The van der Waals surface area contributed by atoms with Crippen molar-refractivity contribution in [1.82, 2.24) is 15.1 Å². The van der Waals surface area contributed by atoms with Crippen LogP contribution >= 0.6 is 0 Å². The van der Waals surface area contributed by atoms with Gasteiger partial charge in [-0.25, -0.2) is 9.48 Å². The van der Waals surface area contributed by atoms with Crippen LogP contribution in [0.3, 0.4) is 0 Å². The Kier molecular flexibility index (Phi) is 6.69. The van der Waals surface area contributed by atoms with Crippen LogP contribution in [0.15, 0.2) is 47.3 Å². The van der Waals surface area contributed by atoms with Crippen LogP contribution in [0.25, 0.3) is 10.8 Å². The summed E-state index contributed by atoms with van der Waals surface area (Å²) in [6.07, 6.45) is 0. The molecule has 0 bridgehead atoms. The van der Waals surface area contributed by atoms with Gasteiger partial charge in [-0.2, -0.15) is 5.10 Å². The zero-order valence-corrected chi connectivity index (χ0v) is 18.0. The number of fused-ring (bicyclic) bond motifs is 1. The van der Waals surface area contributed by atoms with E-state index >= 15 is 0 Å². The maximum atomic E-state index is 13.0. The zero-order valence-electron chi connectivity index (χ0n) is 18.0. The fourth-order valence-electron chi connectivity index (χ4n) is 3.27. The average Bonchev–Trinajstić information content (AvgIpc) is 2.78. The van der Waals surface area contributed by atoms with E-state index in [9.17, 15) is 14.4 Å². The molecule has 0 fully saturated rings. The first-order chi connectivity index (χ1) is 14.8. The molecule has 3 aromatic rings. The summed E-state index contributed by atoms with van der Waals surface area (Å²) in [5, 5.41) is 8.10. The van der Waals surface area contributed by atoms with Crippen molar-refractivity contribution in [1.29, 1.82) is 0 Å². The molecule has 8 heteroatoms. The largest absolute Gasteiger partial charge is 0.496 e. The van der Waals surface area contributed by atoms with Crippen LogP contribution < -0.4 is 15.6 Å². The summed E-state index contributed by atoms with van der Waals surface area (Å²) >= 11 is 0. The Labute approximate surface area is 179 Å². The van der Waals surface area contributed by atoms with Gasteiger partial charge in [-0.05, 0) is 29.7 Å². The quantitative estimate of drug-likeness (QED) is 0.587. The molecule has 162 valence electrons. The maximum absolute atomic E-state index is 13.0. The number of methoxy groups -OCH3 is 2. The van der Waals surface area contributed by atoms with Crippen molar-refractivity contribution in [2.45, 2.75) is 26.9 Å². The van der Waals surface area contributed by atoms with E-state index in [1.165, 1.54) is 18.9 Å². The van der Waals surface area contributed by atoms with Crippen molar-refractivity contribution in [3.05, 3.63) is 69.6 Å². The van der Waals surface area contributed by atoms with Crippen molar-refractivity contribution >= 4 is 22.6 Å². The van der Waals surface area contributed by atoms with Gasteiger partial charge in [-0.1, -0.05) is 38.1 Å². The lowest BCUT2D eigenvalue weighted by atomic mass is 10.1. The normalized spacial score (nSPS) is 10.9. The van der Waals surface area contributed by atoms with Gasteiger partial charge in [0.15, 0.2) is 5.69 Å². The number of hydrogen-bond donors (Lipinski definition) is 1. The van der Waals surface area contributed by atoms with Gasteiger partial charge in [0, 0.05) is 18.5 Å². The number of carbonyl (C=O) groups is 2. The van der Waals surface area contributed by atoms with E-state index in [4.69, 9.17) is 9.47 Å². The molecule has 1 heterocycles. The molecule has 0 radical (unpaired) electrons. The number of nitrogens with zero attached hydrogens (tertiary/aromatic N) is 2.